The second kappa shape index (κ2) is 6.27. The highest BCUT2D eigenvalue weighted by Gasteiger charge is 2.24. The van der Waals surface area contributed by atoms with E-state index in [4.69, 9.17) is 4.74 Å². The lowest BCUT2D eigenvalue weighted by Gasteiger charge is -2.33. The summed E-state index contributed by atoms with van der Waals surface area (Å²) in [7, 11) is 0. The molecule has 3 heteroatoms. The van der Waals surface area contributed by atoms with Gasteiger partial charge in [-0.3, -0.25) is 0 Å². The molecule has 0 fully saturated rings. The molecule has 0 aliphatic carbocycles. The Morgan fingerprint density at radius 2 is 1.95 bits per heavy atom. The molecule has 0 amide bonds. The Bertz CT molecular complexity index is 475. The zero-order chi connectivity index (χ0) is 15.5. The molecule has 0 unspecified atom stereocenters. The molecule has 3 nitrogen and oxygen atoms in total. The van der Waals surface area contributed by atoms with Crippen molar-refractivity contribution in [2.24, 2.45) is 5.41 Å². The van der Waals surface area contributed by atoms with Gasteiger partial charge in [-0.25, -0.2) is 0 Å². The summed E-state index contributed by atoms with van der Waals surface area (Å²) >= 11 is 0. The molecule has 0 bridgehead atoms. The van der Waals surface area contributed by atoms with Crippen LogP contribution in [0.3, 0.4) is 0 Å². The molecule has 2 N–H and O–H groups in total. The van der Waals surface area contributed by atoms with Crippen molar-refractivity contribution >= 4 is 5.69 Å². The van der Waals surface area contributed by atoms with E-state index in [0.717, 1.165) is 37.6 Å². The van der Waals surface area contributed by atoms with Crippen LogP contribution in [0.2, 0.25) is 0 Å². The molecule has 1 aliphatic heterocycles. The van der Waals surface area contributed by atoms with Crippen LogP contribution in [0.4, 0.5) is 5.69 Å². The van der Waals surface area contributed by atoms with Crippen LogP contribution in [0.1, 0.15) is 46.6 Å². The largest absolute Gasteiger partial charge is 0.490 e. The average molecular weight is 290 g/mol. The molecule has 2 rings (SSSR count). The minimum absolute atomic E-state index is 0.174. The first kappa shape index (κ1) is 16.2. The van der Waals surface area contributed by atoms with Crippen LogP contribution in [-0.4, -0.2) is 25.2 Å². The number of fused-ring (bicyclic) bond motifs is 1. The smallest absolute Gasteiger partial charge is 0.142 e. The maximum Gasteiger partial charge on any atom is 0.142 e. The van der Waals surface area contributed by atoms with Crippen molar-refractivity contribution in [1.82, 2.24) is 5.32 Å². The average Bonchev–Trinajstić information content (AvgIpc) is 2.35. The van der Waals surface area contributed by atoms with Crippen molar-refractivity contribution in [1.29, 1.82) is 0 Å². The molecule has 0 aromatic heterocycles. The van der Waals surface area contributed by atoms with Crippen molar-refractivity contribution in [2.75, 3.05) is 25.0 Å². The van der Waals surface area contributed by atoms with E-state index in [1.54, 1.807) is 0 Å². The number of nitrogens with one attached hydrogen (secondary N) is 2. The summed E-state index contributed by atoms with van der Waals surface area (Å²) in [6, 6.07) is 6.47. The lowest BCUT2D eigenvalue weighted by atomic mass is 9.82. The monoisotopic (exact) mass is 290 g/mol. The van der Waals surface area contributed by atoms with Gasteiger partial charge >= 0.3 is 0 Å². The summed E-state index contributed by atoms with van der Waals surface area (Å²) in [5.41, 5.74) is 3.01. The Hall–Kier alpha value is -1.22. The lowest BCUT2D eigenvalue weighted by Crippen LogP contribution is -2.43. The van der Waals surface area contributed by atoms with Gasteiger partial charge in [0, 0.05) is 12.1 Å². The molecule has 0 saturated heterocycles. The van der Waals surface area contributed by atoms with Gasteiger partial charge in [0.25, 0.3) is 0 Å². The highest BCUT2D eigenvalue weighted by atomic mass is 16.5. The maximum atomic E-state index is 5.61. The molecule has 1 aromatic rings. The number of anilines is 1. The fourth-order valence-corrected chi connectivity index (χ4v) is 3.28. The first-order chi connectivity index (χ1) is 9.75. The summed E-state index contributed by atoms with van der Waals surface area (Å²) in [5, 5.41) is 7.09. The lowest BCUT2D eigenvalue weighted by molar-refractivity contribution is 0.243. The number of ether oxygens (including phenoxy) is 1. The maximum absolute atomic E-state index is 5.61. The van der Waals surface area contributed by atoms with E-state index in [1.165, 1.54) is 12.0 Å². The van der Waals surface area contributed by atoms with Crippen LogP contribution < -0.4 is 15.4 Å². The standard InChI is InChI=1S/C18H30N2O/c1-17(2,3)13-18(4,5)20-9-8-14-6-7-16-15(12-14)19-10-11-21-16/h6-7,12,19-20H,8-11,13H2,1-5H3. The van der Waals surface area contributed by atoms with Gasteiger partial charge < -0.3 is 15.4 Å². The predicted molar refractivity (Wildman–Crippen MR) is 90.3 cm³/mol. The SMILES string of the molecule is CC(C)(C)CC(C)(C)NCCc1ccc2c(c1)NCCO2. The summed E-state index contributed by atoms with van der Waals surface area (Å²) < 4.78 is 5.61. The summed E-state index contributed by atoms with van der Waals surface area (Å²) in [4.78, 5) is 0. The van der Waals surface area contributed by atoms with E-state index >= 15 is 0 Å². The van der Waals surface area contributed by atoms with Crippen molar-refractivity contribution in [3.05, 3.63) is 23.8 Å². The fourth-order valence-electron chi connectivity index (χ4n) is 3.28. The molecule has 0 spiro atoms. The van der Waals surface area contributed by atoms with E-state index in [-0.39, 0.29) is 5.54 Å². The quantitative estimate of drug-likeness (QED) is 0.864. The molecule has 0 saturated carbocycles. The number of hydrogen-bond donors (Lipinski definition) is 2. The normalized spacial score (nSPS) is 15.1. The van der Waals surface area contributed by atoms with Crippen molar-refractivity contribution in [3.8, 4) is 5.75 Å². The Morgan fingerprint density at radius 3 is 2.67 bits per heavy atom. The highest BCUT2D eigenvalue weighted by Crippen LogP contribution is 2.29. The second-order valence-corrected chi connectivity index (χ2v) is 7.90. The van der Waals surface area contributed by atoms with E-state index in [9.17, 15) is 0 Å². The van der Waals surface area contributed by atoms with E-state index in [0.29, 0.717) is 5.41 Å². The van der Waals surface area contributed by atoms with Crippen LogP contribution in [-0.2, 0) is 6.42 Å². The molecular formula is C18H30N2O. The number of hydrogen-bond acceptors (Lipinski definition) is 3. The van der Waals surface area contributed by atoms with Gasteiger partial charge in [0.1, 0.15) is 12.4 Å². The van der Waals surface area contributed by atoms with Gasteiger partial charge in [0.05, 0.1) is 5.69 Å². The van der Waals surface area contributed by atoms with Crippen LogP contribution in [0.25, 0.3) is 0 Å². The Kier molecular flexibility index (Phi) is 4.82. The summed E-state index contributed by atoms with van der Waals surface area (Å²) in [5.74, 6) is 0.978. The first-order valence-electron chi connectivity index (χ1n) is 8.00. The van der Waals surface area contributed by atoms with Crippen LogP contribution in [0.5, 0.6) is 5.75 Å². The summed E-state index contributed by atoms with van der Waals surface area (Å²) in [6.45, 7) is 14.1. The van der Waals surface area contributed by atoms with Gasteiger partial charge in [0.2, 0.25) is 0 Å². The van der Waals surface area contributed by atoms with E-state index in [2.05, 4.69) is 63.5 Å². The number of rotatable bonds is 5. The third-order valence-electron chi connectivity index (χ3n) is 3.71. The van der Waals surface area contributed by atoms with E-state index in [1.807, 2.05) is 0 Å². The highest BCUT2D eigenvalue weighted by molar-refractivity contribution is 5.59. The minimum Gasteiger partial charge on any atom is -0.490 e. The molecule has 1 aromatic carbocycles. The van der Waals surface area contributed by atoms with Gasteiger partial charge in [-0.05, 0) is 56.3 Å². The molecule has 21 heavy (non-hydrogen) atoms. The molecule has 118 valence electrons. The zero-order valence-corrected chi connectivity index (χ0v) is 14.2. The Labute approximate surface area is 129 Å². The van der Waals surface area contributed by atoms with Crippen LogP contribution >= 0.6 is 0 Å². The van der Waals surface area contributed by atoms with Crippen molar-refractivity contribution < 1.29 is 4.74 Å². The van der Waals surface area contributed by atoms with E-state index < -0.39 is 0 Å². The van der Waals surface area contributed by atoms with Gasteiger partial charge in [-0.15, -0.1) is 0 Å². The topological polar surface area (TPSA) is 33.3 Å². The molecule has 1 heterocycles. The molecule has 0 atom stereocenters. The first-order valence-corrected chi connectivity index (χ1v) is 8.00. The molecule has 0 radical (unpaired) electrons. The fraction of sp³-hybridized carbons (Fsp3) is 0.667. The summed E-state index contributed by atoms with van der Waals surface area (Å²) in [6.07, 6.45) is 2.21. The van der Waals surface area contributed by atoms with Crippen LogP contribution in [0, 0.1) is 5.41 Å². The van der Waals surface area contributed by atoms with Crippen LogP contribution in [0.15, 0.2) is 18.2 Å². The van der Waals surface area contributed by atoms with Crippen molar-refractivity contribution in [2.45, 2.75) is 53.0 Å². The van der Waals surface area contributed by atoms with Crippen molar-refractivity contribution in [3.63, 3.8) is 0 Å². The van der Waals surface area contributed by atoms with Gasteiger partial charge in [-0.1, -0.05) is 26.8 Å². The van der Waals surface area contributed by atoms with Gasteiger partial charge in [0.15, 0.2) is 0 Å². The zero-order valence-electron chi connectivity index (χ0n) is 14.2. The minimum atomic E-state index is 0.174. The number of benzene rings is 1. The molecular weight excluding hydrogens is 260 g/mol. The Balaban J connectivity index is 1.86. The predicted octanol–water partition coefficient (Wildman–Crippen LogP) is 3.84. The third kappa shape index (κ3) is 5.24. The second-order valence-electron chi connectivity index (χ2n) is 7.90. The van der Waals surface area contributed by atoms with Gasteiger partial charge in [-0.2, -0.15) is 0 Å². The third-order valence-corrected chi connectivity index (χ3v) is 3.71. The Morgan fingerprint density at radius 1 is 1.19 bits per heavy atom. The molecule has 1 aliphatic rings.